The van der Waals surface area contributed by atoms with E-state index in [1.165, 1.54) is 12.1 Å². The summed E-state index contributed by atoms with van der Waals surface area (Å²) < 4.78 is 26.4. The number of hydrogen-bond acceptors (Lipinski definition) is 2. The summed E-state index contributed by atoms with van der Waals surface area (Å²) >= 11 is 0. The van der Waals surface area contributed by atoms with Gasteiger partial charge >= 0.3 is 0 Å². The lowest BCUT2D eigenvalue weighted by Crippen LogP contribution is -2.46. The number of rotatable bonds is 4. The second-order valence-corrected chi connectivity index (χ2v) is 5.87. The van der Waals surface area contributed by atoms with Crippen molar-refractivity contribution in [2.45, 2.75) is 39.3 Å². The van der Waals surface area contributed by atoms with Crippen LogP contribution in [0.5, 0.6) is 0 Å². The summed E-state index contributed by atoms with van der Waals surface area (Å²) in [7, 11) is 0. The van der Waals surface area contributed by atoms with E-state index in [1.54, 1.807) is 0 Å². The summed E-state index contributed by atoms with van der Waals surface area (Å²) in [4.78, 5) is 13.8. The van der Waals surface area contributed by atoms with Crippen molar-refractivity contribution in [2.24, 2.45) is 5.92 Å². The van der Waals surface area contributed by atoms with Gasteiger partial charge in [0.05, 0.1) is 0 Å². The smallest absolute Gasteiger partial charge is 0.225 e. The van der Waals surface area contributed by atoms with E-state index >= 15 is 0 Å². The Morgan fingerprint density at radius 3 is 2.57 bits per heavy atom. The van der Waals surface area contributed by atoms with E-state index in [2.05, 4.69) is 5.32 Å². The Kier molecular flexibility index (Phi) is 5.28. The zero-order valence-corrected chi connectivity index (χ0v) is 12.5. The fourth-order valence-electron chi connectivity index (χ4n) is 2.59. The number of halogens is 2. The van der Waals surface area contributed by atoms with Gasteiger partial charge in [-0.15, -0.1) is 0 Å². The minimum Gasteiger partial charge on any atom is -0.342 e. The molecule has 0 aliphatic carbocycles. The number of nitrogens with zero attached hydrogens (tertiary/aromatic N) is 1. The number of hydrogen-bond donors (Lipinski definition) is 1. The molecule has 1 aromatic rings. The van der Waals surface area contributed by atoms with Crippen LogP contribution in [0.15, 0.2) is 18.2 Å². The molecule has 3 nitrogen and oxygen atoms in total. The minimum absolute atomic E-state index is 0.0304. The number of likely N-dealkylation sites (tertiary alicyclic amines) is 1. The van der Waals surface area contributed by atoms with E-state index in [9.17, 15) is 13.6 Å². The molecule has 0 aromatic heterocycles. The Balaban J connectivity index is 1.80. The van der Waals surface area contributed by atoms with Crippen LogP contribution >= 0.6 is 0 Å². The summed E-state index contributed by atoms with van der Waals surface area (Å²) in [6.07, 6.45) is 1.72. The number of amides is 1. The molecule has 1 aliphatic heterocycles. The minimum atomic E-state index is -0.559. The Bertz CT molecular complexity index is 497. The number of carbonyl (C=O) groups excluding carboxylic acids is 1. The molecule has 1 aliphatic rings. The van der Waals surface area contributed by atoms with E-state index < -0.39 is 11.6 Å². The fraction of sp³-hybridized carbons (Fsp3) is 0.562. The van der Waals surface area contributed by atoms with Crippen molar-refractivity contribution in [3.63, 3.8) is 0 Å². The standard InChI is InChI=1S/C16H22F2N2O/c1-11(2)16(21)20-7-5-14(6-8-20)19-10-12-3-4-13(17)9-15(12)18/h3-4,9,11,14,19H,5-8,10H2,1-2H3. The van der Waals surface area contributed by atoms with Crippen molar-refractivity contribution in [1.82, 2.24) is 10.2 Å². The van der Waals surface area contributed by atoms with Gasteiger partial charge < -0.3 is 10.2 Å². The Hall–Kier alpha value is -1.49. The highest BCUT2D eigenvalue weighted by Crippen LogP contribution is 2.15. The molecule has 1 N–H and O–H groups in total. The topological polar surface area (TPSA) is 32.3 Å². The molecule has 0 atom stereocenters. The maximum Gasteiger partial charge on any atom is 0.225 e. The molecule has 0 spiro atoms. The second-order valence-electron chi connectivity index (χ2n) is 5.87. The largest absolute Gasteiger partial charge is 0.342 e. The molecule has 21 heavy (non-hydrogen) atoms. The molecule has 1 fully saturated rings. The average molecular weight is 296 g/mol. The van der Waals surface area contributed by atoms with Gasteiger partial charge in [0.15, 0.2) is 0 Å². The Morgan fingerprint density at radius 1 is 1.33 bits per heavy atom. The SMILES string of the molecule is CC(C)C(=O)N1CCC(NCc2ccc(F)cc2F)CC1. The summed E-state index contributed by atoms with van der Waals surface area (Å²) in [5, 5.41) is 3.29. The normalized spacial score (nSPS) is 16.5. The van der Waals surface area contributed by atoms with Gasteiger partial charge in [0.2, 0.25) is 5.91 Å². The van der Waals surface area contributed by atoms with E-state index in [4.69, 9.17) is 0 Å². The second kappa shape index (κ2) is 6.98. The van der Waals surface area contributed by atoms with Crippen LogP contribution in [0.1, 0.15) is 32.3 Å². The van der Waals surface area contributed by atoms with E-state index in [1.807, 2.05) is 18.7 Å². The fourth-order valence-corrected chi connectivity index (χ4v) is 2.59. The van der Waals surface area contributed by atoms with Gasteiger partial charge in [-0.3, -0.25) is 4.79 Å². The first-order chi connectivity index (χ1) is 9.97. The zero-order valence-electron chi connectivity index (χ0n) is 12.5. The Labute approximate surface area is 124 Å². The van der Waals surface area contributed by atoms with Crippen LogP contribution in [0.25, 0.3) is 0 Å². The molecular formula is C16H22F2N2O. The number of piperidine rings is 1. The molecule has 0 unspecified atom stereocenters. The third-order valence-corrected chi connectivity index (χ3v) is 3.90. The van der Waals surface area contributed by atoms with Crippen molar-refractivity contribution in [2.75, 3.05) is 13.1 Å². The van der Waals surface area contributed by atoms with Crippen LogP contribution in [0.2, 0.25) is 0 Å². The molecule has 1 amide bonds. The summed E-state index contributed by atoms with van der Waals surface area (Å²) in [5.41, 5.74) is 0.470. The van der Waals surface area contributed by atoms with E-state index in [0.717, 1.165) is 32.0 Å². The predicted octanol–water partition coefficient (Wildman–Crippen LogP) is 2.70. The van der Waals surface area contributed by atoms with E-state index in [0.29, 0.717) is 12.1 Å². The third kappa shape index (κ3) is 4.24. The molecule has 1 heterocycles. The Morgan fingerprint density at radius 2 is 2.00 bits per heavy atom. The van der Waals surface area contributed by atoms with Crippen molar-refractivity contribution in [3.8, 4) is 0 Å². The van der Waals surface area contributed by atoms with Crippen molar-refractivity contribution < 1.29 is 13.6 Å². The lowest BCUT2D eigenvalue weighted by Gasteiger charge is -2.33. The molecule has 5 heteroatoms. The van der Waals surface area contributed by atoms with Gasteiger partial charge in [-0.25, -0.2) is 8.78 Å². The molecule has 0 bridgehead atoms. The zero-order chi connectivity index (χ0) is 15.4. The van der Waals surface area contributed by atoms with Gasteiger partial charge in [-0.1, -0.05) is 19.9 Å². The van der Waals surface area contributed by atoms with Gasteiger partial charge in [0.1, 0.15) is 11.6 Å². The van der Waals surface area contributed by atoms with Gasteiger partial charge in [-0.2, -0.15) is 0 Å². The first-order valence-corrected chi connectivity index (χ1v) is 7.43. The van der Waals surface area contributed by atoms with Crippen LogP contribution in [-0.2, 0) is 11.3 Å². The molecule has 0 saturated carbocycles. The van der Waals surface area contributed by atoms with Gasteiger partial charge in [0, 0.05) is 43.2 Å². The van der Waals surface area contributed by atoms with E-state index in [-0.39, 0.29) is 17.9 Å². The quantitative estimate of drug-likeness (QED) is 0.926. The van der Waals surface area contributed by atoms with Crippen LogP contribution in [0.4, 0.5) is 8.78 Å². The van der Waals surface area contributed by atoms with Crippen LogP contribution in [0.3, 0.4) is 0 Å². The summed E-state index contributed by atoms with van der Waals surface area (Å²) in [6.45, 7) is 5.67. The predicted molar refractivity (Wildman–Crippen MR) is 77.6 cm³/mol. The van der Waals surface area contributed by atoms with Gasteiger partial charge in [0.25, 0.3) is 0 Å². The van der Waals surface area contributed by atoms with Crippen LogP contribution < -0.4 is 5.32 Å². The van der Waals surface area contributed by atoms with Gasteiger partial charge in [-0.05, 0) is 18.9 Å². The maximum absolute atomic E-state index is 13.5. The molecule has 2 rings (SSSR count). The maximum atomic E-state index is 13.5. The lowest BCUT2D eigenvalue weighted by atomic mass is 10.0. The highest BCUT2D eigenvalue weighted by Gasteiger charge is 2.23. The first kappa shape index (κ1) is 15.9. The van der Waals surface area contributed by atoms with Crippen LogP contribution in [-0.4, -0.2) is 29.9 Å². The molecule has 0 radical (unpaired) electrons. The highest BCUT2D eigenvalue weighted by atomic mass is 19.1. The number of nitrogens with one attached hydrogen (secondary N) is 1. The van der Waals surface area contributed by atoms with Crippen molar-refractivity contribution >= 4 is 5.91 Å². The number of carbonyl (C=O) groups is 1. The summed E-state index contributed by atoms with van der Waals surface area (Å²) in [5.74, 6) is -0.854. The third-order valence-electron chi connectivity index (χ3n) is 3.90. The molecule has 1 aromatic carbocycles. The highest BCUT2D eigenvalue weighted by molar-refractivity contribution is 5.78. The van der Waals surface area contributed by atoms with Crippen LogP contribution in [0, 0.1) is 17.6 Å². The molecule has 1 saturated heterocycles. The van der Waals surface area contributed by atoms with Crippen molar-refractivity contribution in [1.29, 1.82) is 0 Å². The number of benzene rings is 1. The molecule has 116 valence electrons. The molecular weight excluding hydrogens is 274 g/mol. The summed E-state index contributed by atoms with van der Waals surface area (Å²) in [6, 6.07) is 3.91. The first-order valence-electron chi connectivity index (χ1n) is 7.43. The lowest BCUT2D eigenvalue weighted by molar-refractivity contribution is -0.135. The monoisotopic (exact) mass is 296 g/mol. The van der Waals surface area contributed by atoms with Crippen molar-refractivity contribution in [3.05, 3.63) is 35.4 Å². The average Bonchev–Trinajstić information content (AvgIpc) is 2.46.